The lowest BCUT2D eigenvalue weighted by molar-refractivity contribution is -0.124. The molecule has 7 heteroatoms. The number of fused-ring (bicyclic) bond motifs is 1. The Balaban J connectivity index is 1.54. The molecule has 0 radical (unpaired) electrons. The molecule has 0 aromatic heterocycles. The molecule has 5 nitrogen and oxygen atoms in total. The Hall–Kier alpha value is -2.41. The van der Waals surface area contributed by atoms with Gasteiger partial charge in [-0.2, -0.15) is 4.31 Å². The first-order valence-corrected chi connectivity index (χ1v) is 11.3. The lowest BCUT2D eigenvalue weighted by Crippen LogP contribution is -2.45. The van der Waals surface area contributed by atoms with E-state index in [4.69, 9.17) is 11.6 Å². The fourth-order valence-corrected chi connectivity index (χ4v) is 5.59. The highest BCUT2D eigenvalue weighted by Crippen LogP contribution is 2.28. The zero-order valence-electron chi connectivity index (χ0n) is 15.7. The SMILES string of the molecule is O=C(NCc1ccccc1Cl)[C@@H]1CCCN1S(=O)(=O)c1ccc2ccccc2c1. The van der Waals surface area contributed by atoms with Crippen molar-refractivity contribution in [3.8, 4) is 0 Å². The van der Waals surface area contributed by atoms with Gasteiger partial charge in [-0.05, 0) is 47.4 Å². The van der Waals surface area contributed by atoms with E-state index in [0.717, 1.165) is 16.3 Å². The van der Waals surface area contributed by atoms with Crippen LogP contribution in [0.15, 0.2) is 71.6 Å². The molecule has 29 heavy (non-hydrogen) atoms. The fraction of sp³-hybridized carbons (Fsp3) is 0.227. The van der Waals surface area contributed by atoms with Gasteiger partial charge >= 0.3 is 0 Å². The Morgan fingerprint density at radius 1 is 1.03 bits per heavy atom. The molecule has 1 N–H and O–H groups in total. The molecule has 1 saturated heterocycles. The van der Waals surface area contributed by atoms with Crippen molar-refractivity contribution in [2.45, 2.75) is 30.3 Å². The normalized spacial score (nSPS) is 17.5. The first-order chi connectivity index (χ1) is 14.0. The van der Waals surface area contributed by atoms with Crippen LogP contribution in [0.5, 0.6) is 0 Å². The zero-order chi connectivity index (χ0) is 20.4. The van der Waals surface area contributed by atoms with E-state index in [1.807, 2.05) is 42.5 Å². The molecular weight excluding hydrogens is 408 g/mol. The minimum absolute atomic E-state index is 0.210. The Morgan fingerprint density at radius 3 is 2.55 bits per heavy atom. The Bertz CT molecular complexity index is 1160. The summed E-state index contributed by atoms with van der Waals surface area (Å²) in [6, 6.07) is 19.2. The summed E-state index contributed by atoms with van der Waals surface area (Å²) in [4.78, 5) is 13.0. The van der Waals surface area contributed by atoms with E-state index in [0.29, 0.717) is 24.4 Å². The number of nitrogens with one attached hydrogen (secondary N) is 1. The number of hydrogen-bond acceptors (Lipinski definition) is 3. The van der Waals surface area contributed by atoms with Crippen molar-refractivity contribution in [2.24, 2.45) is 0 Å². The second kappa shape index (κ2) is 8.14. The zero-order valence-corrected chi connectivity index (χ0v) is 17.3. The molecule has 0 unspecified atom stereocenters. The molecule has 1 atom stereocenters. The van der Waals surface area contributed by atoms with Crippen LogP contribution in [-0.2, 0) is 21.4 Å². The van der Waals surface area contributed by atoms with Crippen molar-refractivity contribution in [1.29, 1.82) is 0 Å². The van der Waals surface area contributed by atoms with Crippen molar-refractivity contribution in [3.63, 3.8) is 0 Å². The van der Waals surface area contributed by atoms with Crippen molar-refractivity contribution < 1.29 is 13.2 Å². The van der Waals surface area contributed by atoms with Gasteiger partial charge < -0.3 is 5.32 Å². The van der Waals surface area contributed by atoms with Gasteiger partial charge in [0, 0.05) is 18.1 Å². The number of halogens is 1. The van der Waals surface area contributed by atoms with E-state index in [9.17, 15) is 13.2 Å². The summed E-state index contributed by atoms with van der Waals surface area (Å²) in [5.74, 6) is -0.299. The molecule has 0 spiro atoms. The van der Waals surface area contributed by atoms with Gasteiger partial charge in [-0.1, -0.05) is 60.1 Å². The van der Waals surface area contributed by atoms with Crippen molar-refractivity contribution in [3.05, 3.63) is 77.3 Å². The van der Waals surface area contributed by atoms with Crippen LogP contribution in [0.3, 0.4) is 0 Å². The summed E-state index contributed by atoms with van der Waals surface area (Å²) < 4.78 is 27.8. The minimum atomic E-state index is -3.77. The van der Waals surface area contributed by atoms with Crippen LogP contribution in [0.4, 0.5) is 0 Å². The van der Waals surface area contributed by atoms with Crippen LogP contribution in [0.25, 0.3) is 10.8 Å². The first kappa shape index (κ1) is 19.9. The monoisotopic (exact) mass is 428 g/mol. The van der Waals surface area contributed by atoms with Crippen molar-refractivity contribution in [2.75, 3.05) is 6.54 Å². The third-order valence-corrected chi connectivity index (χ3v) is 7.52. The molecule has 0 aliphatic carbocycles. The molecule has 0 saturated carbocycles. The predicted molar refractivity (Wildman–Crippen MR) is 114 cm³/mol. The summed E-state index contributed by atoms with van der Waals surface area (Å²) in [6.07, 6.45) is 1.15. The van der Waals surface area contributed by atoms with Gasteiger partial charge in [0.15, 0.2) is 0 Å². The molecule has 1 aliphatic heterocycles. The Kier molecular flexibility index (Phi) is 5.58. The summed E-state index contributed by atoms with van der Waals surface area (Å²) >= 11 is 6.14. The number of carbonyl (C=O) groups excluding carboxylic acids is 1. The second-order valence-electron chi connectivity index (χ2n) is 7.09. The average molecular weight is 429 g/mol. The highest BCUT2D eigenvalue weighted by atomic mass is 35.5. The van der Waals surface area contributed by atoms with Gasteiger partial charge in [-0.25, -0.2) is 8.42 Å². The van der Waals surface area contributed by atoms with E-state index in [2.05, 4.69) is 5.32 Å². The van der Waals surface area contributed by atoms with Gasteiger partial charge in [0.25, 0.3) is 0 Å². The maximum Gasteiger partial charge on any atom is 0.243 e. The van der Waals surface area contributed by atoms with Crippen LogP contribution >= 0.6 is 11.6 Å². The molecular formula is C22H21ClN2O3S. The third-order valence-electron chi connectivity index (χ3n) is 5.24. The van der Waals surface area contributed by atoms with E-state index in [1.54, 1.807) is 24.3 Å². The van der Waals surface area contributed by atoms with E-state index >= 15 is 0 Å². The lowest BCUT2D eigenvalue weighted by Gasteiger charge is -2.23. The summed E-state index contributed by atoms with van der Waals surface area (Å²) in [5.41, 5.74) is 0.796. The number of rotatable bonds is 5. The van der Waals surface area contributed by atoms with Crippen LogP contribution in [0, 0.1) is 0 Å². The van der Waals surface area contributed by atoms with Gasteiger partial charge in [0.1, 0.15) is 6.04 Å². The maximum absolute atomic E-state index is 13.2. The molecule has 1 amide bonds. The topological polar surface area (TPSA) is 66.5 Å². The molecule has 1 aliphatic rings. The lowest BCUT2D eigenvalue weighted by atomic mass is 10.1. The molecule has 3 aromatic rings. The largest absolute Gasteiger partial charge is 0.351 e. The van der Waals surface area contributed by atoms with Crippen LogP contribution < -0.4 is 5.32 Å². The molecule has 150 valence electrons. The Morgan fingerprint density at radius 2 is 1.76 bits per heavy atom. The highest BCUT2D eigenvalue weighted by molar-refractivity contribution is 7.89. The molecule has 0 bridgehead atoms. The minimum Gasteiger partial charge on any atom is -0.351 e. The molecule has 3 aromatic carbocycles. The predicted octanol–water partition coefficient (Wildman–Crippen LogP) is 3.96. The number of benzene rings is 3. The van der Waals surface area contributed by atoms with Gasteiger partial charge in [-0.3, -0.25) is 4.79 Å². The van der Waals surface area contributed by atoms with Crippen molar-refractivity contribution in [1.82, 2.24) is 9.62 Å². The summed E-state index contributed by atoms with van der Waals surface area (Å²) in [6.45, 7) is 0.595. The van der Waals surface area contributed by atoms with E-state index in [-0.39, 0.29) is 17.3 Å². The summed E-state index contributed by atoms with van der Waals surface area (Å²) in [5, 5.41) is 5.23. The summed E-state index contributed by atoms with van der Waals surface area (Å²) in [7, 11) is -3.77. The van der Waals surface area contributed by atoms with Gasteiger partial charge in [0.05, 0.1) is 4.90 Å². The number of nitrogens with zero attached hydrogens (tertiary/aromatic N) is 1. The van der Waals surface area contributed by atoms with E-state index in [1.165, 1.54) is 4.31 Å². The van der Waals surface area contributed by atoms with E-state index < -0.39 is 16.1 Å². The van der Waals surface area contributed by atoms with Crippen molar-refractivity contribution >= 4 is 38.3 Å². The van der Waals surface area contributed by atoms with Gasteiger partial charge in [0.2, 0.25) is 15.9 Å². The highest BCUT2D eigenvalue weighted by Gasteiger charge is 2.39. The second-order valence-corrected chi connectivity index (χ2v) is 9.39. The maximum atomic E-state index is 13.2. The fourth-order valence-electron chi connectivity index (χ4n) is 3.70. The number of carbonyl (C=O) groups is 1. The molecule has 1 fully saturated rings. The van der Waals surface area contributed by atoms with Crippen LogP contribution in [0.1, 0.15) is 18.4 Å². The number of sulfonamides is 1. The van der Waals surface area contributed by atoms with Crippen LogP contribution in [0.2, 0.25) is 5.02 Å². The quantitative estimate of drug-likeness (QED) is 0.668. The third kappa shape index (κ3) is 4.01. The molecule has 4 rings (SSSR count). The number of amides is 1. The number of hydrogen-bond donors (Lipinski definition) is 1. The molecule has 1 heterocycles. The average Bonchev–Trinajstić information content (AvgIpc) is 3.23. The first-order valence-electron chi connectivity index (χ1n) is 9.48. The van der Waals surface area contributed by atoms with Gasteiger partial charge in [-0.15, -0.1) is 0 Å². The van der Waals surface area contributed by atoms with Crippen LogP contribution in [-0.4, -0.2) is 31.2 Å². The Labute approximate surface area is 175 Å². The smallest absolute Gasteiger partial charge is 0.243 e. The standard InChI is InChI=1S/C22H21ClN2O3S/c23-20-9-4-3-8-18(20)15-24-22(26)21-10-5-13-25(21)29(27,28)19-12-11-16-6-1-2-7-17(16)14-19/h1-4,6-9,11-12,14,21H,5,10,13,15H2,(H,24,26)/t21-/m0/s1.